The Morgan fingerprint density at radius 3 is 2.81 bits per heavy atom. The lowest BCUT2D eigenvalue weighted by molar-refractivity contribution is -0.126. The Bertz CT molecular complexity index is 463. The molecule has 0 saturated heterocycles. The summed E-state index contributed by atoms with van der Waals surface area (Å²) in [5.41, 5.74) is 3.20. The number of carbonyl (C=O) groups is 1. The van der Waals surface area contributed by atoms with Gasteiger partial charge in [-0.3, -0.25) is 4.79 Å². The van der Waals surface area contributed by atoms with Gasteiger partial charge in [-0.05, 0) is 41.8 Å². The SMILES string of the molecule is COc1cc2c(cc1C)C=CN(C)C(=O)C2. The Labute approximate surface area is 95.3 Å². The van der Waals surface area contributed by atoms with E-state index in [-0.39, 0.29) is 5.91 Å². The van der Waals surface area contributed by atoms with Crippen LogP contribution in [0.4, 0.5) is 0 Å². The molecule has 0 radical (unpaired) electrons. The molecule has 1 amide bonds. The highest BCUT2D eigenvalue weighted by molar-refractivity contribution is 5.83. The highest BCUT2D eigenvalue weighted by atomic mass is 16.5. The maximum atomic E-state index is 11.7. The lowest BCUT2D eigenvalue weighted by Gasteiger charge is -2.11. The topological polar surface area (TPSA) is 29.5 Å². The van der Waals surface area contributed by atoms with Crippen LogP contribution < -0.4 is 4.74 Å². The second-order valence-electron chi connectivity index (χ2n) is 4.02. The number of aryl methyl sites for hydroxylation is 1. The minimum absolute atomic E-state index is 0.0981. The number of hydrogen-bond acceptors (Lipinski definition) is 2. The summed E-state index contributed by atoms with van der Waals surface area (Å²) >= 11 is 0. The van der Waals surface area contributed by atoms with E-state index in [2.05, 4.69) is 6.07 Å². The molecule has 1 heterocycles. The molecule has 16 heavy (non-hydrogen) atoms. The van der Waals surface area contributed by atoms with Crippen molar-refractivity contribution in [1.82, 2.24) is 4.90 Å². The smallest absolute Gasteiger partial charge is 0.230 e. The maximum Gasteiger partial charge on any atom is 0.230 e. The second kappa shape index (κ2) is 4.00. The van der Waals surface area contributed by atoms with Gasteiger partial charge in [0.15, 0.2) is 0 Å². The zero-order valence-corrected chi connectivity index (χ0v) is 9.78. The van der Waals surface area contributed by atoms with Crippen LogP contribution in [0.1, 0.15) is 16.7 Å². The fourth-order valence-electron chi connectivity index (χ4n) is 1.84. The molecule has 0 aromatic heterocycles. The van der Waals surface area contributed by atoms with Gasteiger partial charge in [-0.2, -0.15) is 0 Å². The number of likely N-dealkylation sites (N-methyl/N-ethyl adjacent to an activating group) is 1. The fourth-order valence-corrected chi connectivity index (χ4v) is 1.84. The molecule has 0 fully saturated rings. The molecule has 0 saturated carbocycles. The second-order valence-corrected chi connectivity index (χ2v) is 4.02. The minimum Gasteiger partial charge on any atom is -0.496 e. The van der Waals surface area contributed by atoms with Crippen molar-refractivity contribution in [2.75, 3.05) is 14.2 Å². The average molecular weight is 217 g/mol. The first-order chi connectivity index (χ1) is 7.61. The molecule has 3 heteroatoms. The summed E-state index contributed by atoms with van der Waals surface area (Å²) in [5.74, 6) is 0.936. The number of hydrogen-bond donors (Lipinski definition) is 0. The monoisotopic (exact) mass is 217 g/mol. The fraction of sp³-hybridized carbons (Fsp3) is 0.308. The molecule has 0 spiro atoms. The summed E-state index contributed by atoms with van der Waals surface area (Å²) in [4.78, 5) is 13.3. The normalized spacial score (nSPS) is 14.7. The number of nitrogens with zero attached hydrogens (tertiary/aromatic N) is 1. The van der Waals surface area contributed by atoms with Gasteiger partial charge in [-0.25, -0.2) is 0 Å². The van der Waals surface area contributed by atoms with E-state index in [1.54, 1.807) is 25.3 Å². The highest BCUT2D eigenvalue weighted by Gasteiger charge is 2.15. The number of benzene rings is 1. The van der Waals surface area contributed by atoms with Crippen LogP contribution in [0.5, 0.6) is 5.75 Å². The summed E-state index contributed by atoms with van der Waals surface area (Å²) in [6.07, 6.45) is 4.20. The summed E-state index contributed by atoms with van der Waals surface area (Å²) in [6.45, 7) is 2.00. The van der Waals surface area contributed by atoms with Gasteiger partial charge in [-0.1, -0.05) is 0 Å². The molecule has 1 aromatic rings. The number of ether oxygens (including phenoxy) is 1. The van der Waals surface area contributed by atoms with E-state index >= 15 is 0 Å². The molecule has 3 nitrogen and oxygen atoms in total. The molecule has 1 aliphatic rings. The zero-order valence-electron chi connectivity index (χ0n) is 9.78. The number of fused-ring (bicyclic) bond motifs is 1. The van der Waals surface area contributed by atoms with Crippen molar-refractivity contribution in [3.8, 4) is 5.75 Å². The van der Waals surface area contributed by atoms with E-state index in [1.165, 1.54) is 0 Å². The molecule has 0 unspecified atom stereocenters. The molecule has 0 atom stereocenters. The summed E-state index contributed by atoms with van der Waals surface area (Å²) < 4.78 is 5.26. The minimum atomic E-state index is 0.0981. The van der Waals surface area contributed by atoms with E-state index in [0.717, 1.165) is 22.4 Å². The molecule has 0 aliphatic carbocycles. The van der Waals surface area contributed by atoms with Gasteiger partial charge in [0, 0.05) is 13.2 Å². The van der Waals surface area contributed by atoms with Crippen molar-refractivity contribution < 1.29 is 9.53 Å². The van der Waals surface area contributed by atoms with Crippen LogP contribution in [0.15, 0.2) is 18.3 Å². The average Bonchev–Trinajstić information content (AvgIpc) is 2.39. The van der Waals surface area contributed by atoms with Crippen molar-refractivity contribution >= 4 is 12.0 Å². The van der Waals surface area contributed by atoms with Crippen molar-refractivity contribution in [2.24, 2.45) is 0 Å². The third-order valence-corrected chi connectivity index (χ3v) is 2.87. The van der Waals surface area contributed by atoms with Gasteiger partial charge >= 0.3 is 0 Å². The van der Waals surface area contributed by atoms with Crippen LogP contribution in [-0.2, 0) is 11.2 Å². The zero-order chi connectivity index (χ0) is 11.7. The first-order valence-electron chi connectivity index (χ1n) is 5.23. The Kier molecular flexibility index (Phi) is 2.69. The number of amides is 1. The molecular formula is C13H15NO2. The summed E-state index contributed by atoms with van der Waals surface area (Å²) in [5, 5.41) is 0. The molecule has 84 valence electrons. The lowest BCUT2D eigenvalue weighted by Crippen LogP contribution is -2.21. The summed E-state index contributed by atoms with van der Waals surface area (Å²) in [6, 6.07) is 4.00. The van der Waals surface area contributed by atoms with E-state index in [1.807, 2.05) is 19.1 Å². The van der Waals surface area contributed by atoms with Crippen LogP contribution in [0.2, 0.25) is 0 Å². The van der Waals surface area contributed by atoms with Crippen LogP contribution in [0.25, 0.3) is 6.08 Å². The first kappa shape index (κ1) is 10.7. The van der Waals surface area contributed by atoms with E-state index < -0.39 is 0 Å². The first-order valence-corrected chi connectivity index (χ1v) is 5.23. The van der Waals surface area contributed by atoms with E-state index in [9.17, 15) is 4.79 Å². The summed E-state index contributed by atoms with van der Waals surface area (Å²) in [7, 11) is 3.42. The van der Waals surface area contributed by atoms with Crippen molar-refractivity contribution in [1.29, 1.82) is 0 Å². The molecular weight excluding hydrogens is 202 g/mol. The Balaban J connectivity index is 2.51. The van der Waals surface area contributed by atoms with Crippen LogP contribution in [0.3, 0.4) is 0 Å². The van der Waals surface area contributed by atoms with Crippen molar-refractivity contribution in [3.05, 3.63) is 35.0 Å². The van der Waals surface area contributed by atoms with E-state index in [0.29, 0.717) is 6.42 Å². The third kappa shape index (κ3) is 1.81. The molecule has 2 rings (SSSR count). The predicted molar refractivity (Wildman–Crippen MR) is 63.2 cm³/mol. The quantitative estimate of drug-likeness (QED) is 0.720. The van der Waals surface area contributed by atoms with Crippen LogP contribution in [0, 0.1) is 6.92 Å². The number of rotatable bonds is 1. The Morgan fingerprint density at radius 1 is 1.38 bits per heavy atom. The van der Waals surface area contributed by atoms with Gasteiger partial charge in [0.1, 0.15) is 5.75 Å². The predicted octanol–water partition coefficient (Wildman–Crippen LogP) is 1.99. The largest absolute Gasteiger partial charge is 0.496 e. The Hall–Kier alpha value is -1.77. The van der Waals surface area contributed by atoms with Gasteiger partial charge in [0.25, 0.3) is 0 Å². The number of carbonyl (C=O) groups excluding carboxylic acids is 1. The molecule has 1 aromatic carbocycles. The van der Waals surface area contributed by atoms with Crippen molar-refractivity contribution in [3.63, 3.8) is 0 Å². The molecule has 1 aliphatic heterocycles. The third-order valence-electron chi connectivity index (χ3n) is 2.87. The van der Waals surface area contributed by atoms with Gasteiger partial charge in [0.2, 0.25) is 5.91 Å². The van der Waals surface area contributed by atoms with Crippen molar-refractivity contribution in [2.45, 2.75) is 13.3 Å². The molecule has 0 bridgehead atoms. The Morgan fingerprint density at radius 2 is 2.12 bits per heavy atom. The van der Waals surface area contributed by atoms with Gasteiger partial charge in [-0.15, -0.1) is 0 Å². The van der Waals surface area contributed by atoms with Crippen LogP contribution in [-0.4, -0.2) is 25.0 Å². The van der Waals surface area contributed by atoms with Crippen LogP contribution >= 0.6 is 0 Å². The van der Waals surface area contributed by atoms with Gasteiger partial charge in [0.05, 0.1) is 13.5 Å². The maximum absolute atomic E-state index is 11.7. The standard InChI is InChI=1S/C13H15NO2/c1-9-6-10-4-5-14(2)13(15)8-11(10)7-12(9)16-3/h4-7H,8H2,1-3H3. The molecule has 0 N–H and O–H groups in total. The number of methoxy groups -OCH3 is 1. The van der Waals surface area contributed by atoms with Gasteiger partial charge < -0.3 is 9.64 Å². The lowest BCUT2D eigenvalue weighted by atomic mass is 10.0. The van der Waals surface area contributed by atoms with E-state index in [4.69, 9.17) is 4.74 Å². The highest BCUT2D eigenvalue weighted by Crippen LogP contribution is 2.26.